The number of amides is 1. The molecule has 2 aromatic rings. The molecule has 0 saturated carbocycles. The predicted octanol–water partition coefficient (Wildman–Crippen LogP) is 2.82. The molecule has 3 rings (SSSR count). The minimum absolute atomic E-state index is 0.0104. The number of ether oxygens (including phenoxy) is 1. The number of benzene rings is 1. The second-order valence-electron chi connectivity index (χ2n) is 7.37. The highest BCUT2D eigenvalue weighted by Crippen LogP contribution is 2.37. The summed E-state index contributed by atoms with van der Waals surface area (Å²) in [5, 5.41) is 3.16. The van der Waals surface area contributed by atoms with Gasteiger partial charge in [-0.3, -0.25) is 4.79 Å². The molecule has 0 bridgehead atoms. The Morgan fingerprint density at radius 1 is 1.21 bits per heavy atom. The number of nitrogens with one attached hydrogen (secondary N) is 1. The van der Waals surface area contributed by atoms with Crippen LogP contribution in [0.1, 0.15) is 20.8 Å². The molecule has 0 radical (unpaired) electrons. The van der Waals surface area contributed by atoms with E-state index in [9.17, 15) is 13.2 Å². The summed E-state index contributed by atoms with van der Waals surface area (Å²) in [6.07, 6.45) is 1.16. The summed E-state index contributed by atoms with van der Waals surface area (Å²) in [5.41, 5.74) is 1.22. The van der Waals surface area contributed by atoms with E-state index in [1.807, 2.05) is 31.7 Å². The number of methoxy groups -OCH3 is 1. The second kappa shape index (κ2) is 7.55. The van der Waals surface area contributed by atoms with Crippen molar-refractivity contribution in [3.05, 3.63) is 30.3 Å². The fourth-order valence-corrected chi connectivity index (χ4v) is 4.16. The maximum atomic E-state index is 12.6. The van der Waals surface area contributed by atoms with Gasteiger partial charge in [0.05, 0.1) is 23.4 Å². The number of aromatic nitrogens is 1. The summed E-state index contributed by atoms with van der Waals surface area (Å²) >= 11 is 0. The third-order valence-electron chi connectivity index (χ3n) is 4.98. The van der Waals surface area contributed by atoms with Gasteiger partial charge in [-0.2, -0.15) is 0 Å². The molecule has 29 heavy (non-hydrogen) atoms. The SMILES string of the molecule is COc1ccc(S(C)(=O)=O)cc1Nc1ccc2c(n1)N(C(C)C)[C@H](C)C(=O)N2C. The molecule has 1 N–H and O–H groups in total. The number of sulfone groups is 1. The van der Waals surface area contributed by atoms with Crippen LogP contribution >= 0.6 is 0 Å². The standard InChI is InChI=1S/C20H26N4O4S/c1-12(2)24-13(3)20(25)23(4)16-8-10-18(22-19(16)24)21-15-11-14(29(6,26)27)7-9-17(15)28-5/h7-13H,1-6H3,(H,21,22)/t13-/m1/s1. The van der Waals surface area contributed by atoms with E-state index in [0.29, 0.717) is 23.1 Å². The normalized spacial score (nSPS) is 16.8. The molecule has 8 nitrogen and oxygen atoms in total. The van der Waals surface area contributed by atoms with Crippen LogP contribution < -0.4 is 19.9 Å². The molecular formula is C20H26N4O4S. The van der Waals surface area contributed by atoms with E-state index >= 15 is 0 Å². The topological polar surface area (TPSA) is 91.8 Å². The van der Waals surface area contributed by atoms with E-state index in [-0.39, 0.29) is 22.9 Å². The highest BCUT2D eigenvalue weighted by molar-refractivity contribution is 7.90. The van der Waals surface area contributed by atoms with Crippen LogP contribution in [0.3, 0.4) is 0 Å². The molecule has 2 heterocycles. The lowest BCUT2D eigenvalue weighted by atomic mass is 10.1. The number of fused-ring (bicyclic) bond motifs is 1. The number of carbonyl (C=O) groups excluding carboxylic acids is 1. The van der Waals surface area contributed by atoms with Crippen molar-refractivity contribution >= 4 is 38.8 Å². The summed E-state index contributed by atoms with van der Waals surface area (Å²) in [6.45, 7) is 5.89. The van der Waals surface area contributed by atoms with Crippen molar-refractivity contribution in [1.29, 1.82) is 0 Å². The Balaban J connectivity index is 2.06. The van der Waals surface area contributed by atoms with Crippen molar-refractivity contribution in [3.8, 4) is 5.75 Å². The van der Waals surface area contributed by atoms with Crippen molar-refractivity contribution in [3.63, 3.8) is 0 Å². The van der Waals surface area contributed by atoms with Gasteiger partial charge in [-0.15, -0.1) is 0 Å². The molecule has 1 amide bonds. The summed E-state index contributed by atoms with van der Waals surface area (Å²) in [6, 6.07) is 7.95. The number of likely N-dealkylation sites (N-methyl/N-ethyl adjacent to an activating group) is 1. The first-order chi connectivity index (χ1) is 13.5. The van der Waals surface area contributed by atoms with Crippen molar-refractivity contribution in [2.24, 2.45) is 0 Å². The van der Waals surface area contributed by atoms with Gasteiger partial charge in [0.15, 0.2) is 15.7 Å². The Bertz CT molecular complexity index is 1050. The van der Waals surface area contributed by atoms with E-state index in [4.69, 9.17) is 9.72 Å². The fraction of sp³-hybridized carbons (Fsp3) is 0.400. The van der Waals surface area contributed by atoms with Gasteiger partial charge in [-0.25, -0.2) is 13.4 Å². The van der Waals surface area contributed by atoms with Gasteiger partial charge in [-0.1, -0.05) is 0 Å². The summed E-state index contributed by atoms with van der Waals surface area (Å²) in [5.74, 6) is 1.72. The van der Waals surface area contributed by atoms with Gasteiger partial charge in [-0.05, 0) is 51.1 Å². The molecule has 1 atom stereocenters. The first-order valence-corrected chi connectivity index (χ1v) is 11.2. The largest absolute Gasteiger partial charge is 0.495 e. The van der Waals surface area contributed by atoms with Gasteiger partial charge < -0.3 is 19.9 Å². The van der Waals surface area contributed by atoms with E-state index < -0.39 is 9.84 Å². The number of nitrogens with zero attached hydrogens (tertiary/aromatic N) is 3. The average Bonchev–Trinajstić information content (AvgIpc) is 2.65. The molecule has 0 fully saturated rings. The van der Waals surface area contributed by atoms with Gasteiger partial charge in [0, 0.05) is 19.3 Å². The Hall–Kier alpha value is -2.81. The molecular weight excluding hydrogens is 392 g/mol. The van der Waals surface area contributed by atoms with Crippen LogP contribution in [0.15, 0.2) is 35.2 Å². The van der Waals surface area contributed by atoms with Crippen LogP contribution in [0, 0.1) is 0 Å². The van der Waals surface area contributed by atoms with Gasteiger partial charge >= 0.3 is 0 Å². The van der Waals surface area contributed by atoms with Crippen LogP contribution in [-0.2, 0) is 14.6 Å². The quantitative estimate of drug-likeness (QED) is 0.798. The first kappa shape index (κ1) is 20.9. The Kier molecular flexibility index (Phi) is 5.44. The molecule has 1 aromatic carbocycles. The van der Waals surface area contributed by atoms with E-state index in [1.165, 1.54) is 19.2 Å². The van der Waals surface area contributed by atoms with E-state index in [0.717, 1.165) is 11.9 Å². The van der Waals surface area contributed by atoms with Crippen LogP contribution in [0.2, 0.25) is 0 Å². The van der Waals surface area contributed by atoms with Gasteiger partial charge in [0.2, 0.25) is 5.91 Å². The molecule has 0 aliphatic carbocycles. The van der Waals surface area contributed by atoms with Crippen LogP contribution in [-0.4, -0.2) is 51.8 Å². The second-order valence-corrected chi connectivity index (χ2v) is 9.39. The molecule has 1 aromatic heterocycles. The summed E-state index contributed by atoms with van der Waals surface area (Å²) in [7, 11) is -0.110. The van der Waals surface area contributed by atoms with Crippen molar-refractivity contribution < 1.29 is 17.9 Å². The van der Waals surface area contributed by atoms with Crippen molar-refractivity contribution in [1.82, 2.24) is 4.98 Å². The lowest BCUT2D eigenvalue weighted by molar-refractivity contribution is -0.119. The zero-order valence-corrected chi connectivity index (χ0v) is 18.2. The highest BCUT2D eigenvalue weighted by atomic mass is 32.2. The molecule has 0 saturated heterocycles. The molecule has 0 unspecified atom stereocenters. The minimum Gasteiger partial charge on any atom is -0.495 e. The number of hydrogen-bond acceptors (Lipinski definition) is 7. The predicted molar refractivity (Wildman–Crippen MR) is 114 cm³/mol. The van der Waals surface area contributed by atoms with Crippen molar-refractivity contribution in [2.75, 3.05) is 35.5 Å². The number of pyridine rings is 1. The molecule has 1 aliphatic heterocycles. The Labute approximate surface area is 171 Å². The fourth-order valence-electron chi connectivity index (χ4n) is 3.51. The molecule has 9 heteroatoms. The smallest absolute Gasteiger partial charge is 0.249 e. The minimum atomic E-state index is -3.37. The first-order valence-electron chi connectivity index (χ1n) is 9.26. The van der Waals surface area contributed by atoms with E-state index in [1.54, 1.807) is 24.1 Å². The Morgan fingerprint density at radius 3 is 2.48 bits per heavy atom. The average molecular weight is 419 g/mol. The van der Waals surface area contributed by atoms with E-state index in [2.05, 4.69) is 5.32 Å². The van der Waals surface area contributed by atoms with Crippen LogP contribution in [0.5, 0.6) is 5.75 Å². The molecule has 1 aliphatic rings. The number of anilines is 4. The summed E-state index contributed by atoms with van der Waals surface area (Å²) < 4.78 is 29.2. The van der Waals surface area contributed by atoms with Crippen molar-refractivity contribution in [2.45, 2.75) is 37.8 Å². The monoisotopic (exact) mass is 418 g/mol. The molecule has 0 spiro atoms. The van der Waals surface area contributed by atoms with Crippen LogP contribution in [0.4, 0.5) is 23.0 Å². The number of rotatable bonds is 5. The maximum absolute atomic E-state index is 12.6. The zero-order chi connectivity index (χ0) is 21.5. The molecule has 156 valence electrons. The number of carbonyl (C=O) groups is 1. The van der Waals surface area contributed by atoms with Gasteiger partial charge in [0.25, 0.3) is 0 Å². The van der Waals surface area contributed by atoms with Gasteiger partial charge in [0.1, 0.15) is 17.6 Å². The third-order valence-corrected chi connectivity index (χ3v) is 6.09. The lowest BCUT2D eigenvalue weighted by Gasteiger charge is -2.41. The lowest BCUT2D eigenvalue weighted by Crippen LogP contribution is -2.53. The number of hydrogen-bond donors (Lipinski definition) is 1. The summed E-state index contributed by atoms with van der Waals surface area (Å²) in [4.78, 5) is 21.1. The highest BCUT2D eigenvalue weighted by Gasteiger charge is 2.36. The third kappa shape index (κ3) is 3.87. The maximum Gasteiger partial charge on any atom is 0.249 e. The van der Waals surface area contributed by atoms with Crippen LogP contribution in [0.25, 0.3) is 0 Å². The zero-order valence-electron chi connectivity index (χ0n) is 17.4. The Morgan fingerprint density at radius 2 is 1.90 bits per heavy atom.